The van der Waals surface area contributed by atoms with Crippen LogP contribution in [0.15, 0.2) is 52.0 Å². The van der Waals surface area contributed by atoms with E-state index in [2.05, 4.69) is 9.88 Å². The van der Waals surface area contributed by atoms with Crippen LogP contribution in [-0.2, 0) is 10.0 Å². The molecule has 1 aromatic carbocycles. The number of aryl methyl sites for hydroxylation is 1. The van der Waals surface area contributed by atoms with Gasteiger partial charge in [0.15, 0.2) is 5.76 Å². The van der Waals surface area contributed by atoms with E-state index in [4.69, 9.17) is 9.26 Å². The standard InChI is InChI=1S/C15H14N2O4S2/c1-10-15(9-14(22-10)13-7-8-16-21-13)23(18,19)17-11-5-3-4-6-12(11)20-2/h3-9,17H,1-2H3. The lowest BCUT2D eigenvalue weighted by Gasteiger charge is -2.11. The summed E-state index contributed by atoms with van der Waals surface area (Å²) in [5, 5.41) is 3.64. The van der Waals surface area contributed by atoms with Gasteiger partial charge in [-0.3, -0.25) is 4.72 Å². The number of nitrogens with one attached hydrogen (secondary N) is 1. The normalized spacial score (nSPS) is 11.4. The van der Waals surface area contributed by atoms with Crippen molar-refractivity contribution in [3.05, 3.63) is 47.5 Å². The van der Waals surface area contributed by atoms with Crippen LogP contribution in [0.1, 0.15) is 4.88 Å². The van der Waals surface area contributed by atoms with E-state index < -0.39 is 10.0 Å². The Morgan fingerprint density at radius 2 is 2.04 bits per heavy atom. The summed E-state index contributed by atoms with van der Waals surface area (Å²) in [7, 11) is -2.24. The molecule has 2 heterocycles. The Bertz CT molecular complexity index is 915. The Hall–Kier alpha value is -2.32. The van der Waals surface area contributed by atoms with Gasteiger partial charge in [0, 0.05) is 10.9 Å². The van der Waals surface area contributed by atoms with E-state index >= 15 is 0 Å². The molecule has 6 nitrogen and oxygen atoms in total. The molecule has 120 valence electrons. The van der Waals surface area contributed by atoms with E-state index in [1.54, 1.807) is 43.3 Å². The zero-order chi connectivity index (χ0) is 16.4. The number of anilines is 1. The Kier molecular flexibility index (Phi) is 4.10. The van der Waals surface area contributed by atoms with Crippen molar-refractivity contribution >= 4 is 27.0 Å². The maximum Gasteiger partial charge on any atom is 0.263 e. The molecule has 0 fully saturated rings. The fourth-order valence-electron chi connectivity index (χ4n) is 2.13. The number of hydrogen-bond donors (Lipinski definition) is 1. The van der Waals surface area contributed by atoms with Crippen LogP contribution in [0.2, 0.25) is 0 Å². The van der Waals surface area contributed by atoms with Crippen LogP contribution in [0.25, 0.3) is 10.6 Å². The van der Waals surface area contributed by atoms with Gasteiger partial charge in [0.05, 0.1) is 23.9 Å². The van der Waals surface area contributed by atoms with E-state index in [0.29, 0.717) is 27.0 Å². The Labute approximate surface area is 137 Å². The molecule has 23 heavy (non-hydrogen) atoms. The van der Waals surface area contributed by atoms with E-state index in [1.807, 2.05) is 0 Å². The number of nitrogens with zero attached hydrogens (tertiary/aromatic N) is 1. The van der Waals surface area contributed by atoms with Gasteiger partial charge in [-0.15, -0.1) is 11.3 Å². The van der Waals surface area contributed by atoms with Crippen LogP contribution in [0.3, 0.4) is 0 Å². The lowest BCUT2D eigenvalue weighted by atomic mass is 10.3. The molecule has 0 aliphatic rings. The van der Waals surface area contributed by atoms with Crippen LogP contribution < -0.4 is 9.46 Å². The minimum absolute atomic E-state index is 0.208. The van der Waals surface area contributed by atoms with Crippen LogP contribution in [-0.4, -0.2) is 20.7 Å². The highest BCUT2D eigenvalue weighted by molar-refractivity contribution is 7.93. The SMILES string of the molecule is COc1ccccc1NS(=O)(=O)c1cc(-c2ccno2)sc1C. The second-order valence-corrected chi connectivity index (χ2v) is 7.62. The highest BCUT2D eigenvalue weighted by Gasteiger charge is 2.22. The molecule has 8 heteroatoms. The van der Waals surface area contributed by atoms with Crippen LogP contribution in [0, 0.1) is 6.92 Å². The van der Waals surface area contributed by atoms with Gasteiger partial charge < -0.3 is 9.26 Å². The quantitative estimate of drug-likeness (QED) is 0.761. The van der Waals surface area contributed by atoms with Crippen molar-refractivity contribution < 1.29 is 17.7 Å². The maximum atomic E-state index is 12.7. The highest BCUT2D eigenvalue weighted by Crippen LogP contribution is 2.35. The smallest absolute Gasteiger partial charge is 0.263 e. The van der Waals surface area contributed by atoms with Gasteiger partial charge in [-0.2, -0.15) is 0 Å². The van der Waals surface area contributed by atoms with E-state index in [0.717, 1.165) is 0 Å². The fraction of sp³-hybridized carbons (Fsp3) is 0.133. The Balaban J connectivity index is 1.97. The first-order valence-corrected chi connectivity index (χ1v) is 8.98. The number of sulfonamides is 1. The molecule has 0 aliphatic carbocycles. The number of para-hydroxylation sites is 2. The molecule has 0 saturated carbocycles. The fourth-order valence-corrected chi connectivity index (χ4v) is 4.75. The lowest BCUT2D eigenvalue weighted by Crippen LogP contribution is -2.13. The summed E-state index contributed by atoms with van der Waals surface area (Å²) in [5.74, 6) is 0.997. The van der Waals surface area contributed by atoms with Crippen molar-refractivity contribution in [3.8, 4) is 16.4 Å². The predicted molar refractivity (Wildman–Crippen MR) is 88.4 cm³/mol. The molecule has 1 N–H and O–H groups in total. The molecule has 3 aromatic rings. The third-order valence-electron chi connectivity index (χ3n) is 3.19. The molecule has 0 saturated heterocycles. The lowest BCUT2D eigenvalue weighted by molar-refractivity contribution is 0.417. The largest absolute Gasteiger partial charge is 0.495 e. The first kappa shape index (κ1) is 15.6. The van der Waals surface area contributed by atoms with Crippen LogP contribution in [0.4, 0.5) is 5.69 Å². The molecule has 0 bridgehead atoms. The average molecular weight is 350 g/mol. The third-order valence-corrected chi connectivity index (χ3v) is 5.88. The summed E-state index contributed by atoms with van der Waals surface area (Å²) in [5.41, 5.74) is 0.391. The van der Waals surface area contributed by atoms with Crippen molar-refractivity contribution in [3.63, 3.8) is 0 Å². The van der Waals surface area contributed by atoms with E-state index in [9.17, 15) is 8.42 Å². The topological polar surface area (TPSA) is 81.4 Å². The molecule has 0 atom stereocenters. The molecule has 2 aromatic heterocycles. The summed E-state index contributed by atoms with van der Waals surface area (Å²) in [4.78, 5) is 1.58. The van der Waals surface area contributed by atoms with Gasteiger partial charge in [0.25, 0.3) is 10.0 Å². The maximum absolute atomic E-state index is 12.7. The van der Waals surface area contributed by atoms with Crippen molar-refractivity contribution in [2.45, 2.75) is 11.8 Å². The number of benzene rings is 1. The summed E-state index contributed by atoms with van der Waals surface area (Å²) in [6, 6.07) is 10.1. The summed E-state index contributed by atoms with van der Waals surface area (Å²) in [6.07, 6.45) is 1.52. The van der Waals surface area contributed by atoms with Crippen molar-refractivity contribution in [1.29, 1.82) is 0 Å². The summed E-state index contributed by atoms with van der Waals surface area (Å²) >= 11 is 1.34. The van der Waals surface area contributed by atoms with Crippen LogP contribution >= 0.6 is 11.3 Å². The van der Waals surface area contributed by atoms with Gasteiger partial charge in [-0.05, 0) is 25.1 Å². The van der Waals surface area contributed by atoms with Gasteiger partial charge in [0.1, 0.15) is 10.6 Å². The first-order valence-electron chi connectivity index (χ1n) is 6.68. The van der Waals surface area contributed by atoms with E-state index in [-0.39, 0.29) is 4.90 Å². The summed E-state index contributed by atoms with van der Waals surface area (Å²) in [6.45, 7) is 1.75. The van der Waals surface area contributed by atoms with E-state index in [1.165, 1.54) is 24.6 Å². The van der Waals surface area contributed by atoms with Gasteiger partial charge in [-0.1, -0.05) is 17.3 Å². The molecular weight excluding hydrogens is 336 g/mol. The van der Waals surface area contributed by atoms with Gasteiger partial charge in [-0.25, -0.2) is 8.42 Å². The highest BCUT2D eigenvalue weighted by atomic mass is 32.2. The minimum atomic E-state index is -3.73. The minimum Gasteiger partial charge on any atom is -0.495 e. The second-order valence-electron chi connectivity index (χ2n) is 4.71. The predicted octanol–water partition coefficient (Wildman–Crippen LogP) is 3.52. The molecule has 0 spiro atoms. The molecule has 0 amide bonds. The van der Waals surface area contributed by atoms with Crippen LogP contribution in [0.5, 0.6) is 5.75 Å². The Morgan fingerprint density at radius 3 is 2.74 bits per heavy atom. The number of rotatable bonds is 5. The van der Waals surface area contributed by atoms with Crippen molar-refractivity contribution in [2.75, 3.05) is 11.8 Å². The average Bonchev–Trinajstić information content (AvgIpc) is 3.16. The molecule has 3 rings (SSSR count). The van der Waals surface area contributed by atoms with Crippen molar-refractivity contribution in [2.24, 2.45) is 0 Å². The van der Waals surface area contributed by atoms with Crippen molar-refractivity contribution in [1.82, 2.24) is 5.16 Å². The molecule has 0 unspecified atom stereocenters. The third kappa shape index (κ3) is 3.08. The van der Waals surface area contributed by atoms with Gasteiger partial charge in [0.2, 0.25) is 0 Å². The number of hydrogen-bond acceptors (Lipinski definition) is 6. The zero-order valence-corrected chi connectivity index (χ0v) is 14.1. The monoisotopic (exact) mass is 350 g/mol. The Morgan fingerprint density at radius 1 is 1.26 bits per heavy atom. The zero-order valence-electron chi connectivity index (χ0n) is 12.4. The number of aromatic nitrogens is 1. The molecule has 0 aliphatic heterocycles. The first-order chi connectivity index (χ1) is 11.0. The molecule has 0 radical (unpaired) electrons. The summed E-state index contributed by atoms with van der Waals surface area (Å²) < 4.78 is 38.2. The number of thiophene rings is 1. The number of methoxy groups -OCH3 is 1. The second kappa shape index (κ2) is 6.05. The molecular formula is C15H14N2O4S2. The van der Waals surface area contributed by atoms with Gasteiger partial charge >= 0.3 is 0 Å². The number of ether oxygens (including phenoxy) is 1.